The molecule has 4 nitrogen and oxygen atoms in total. The molecule has 1 heterocycles. The summed E-state index contributed by atoms with van der Waals surface area (Å²) in [6.07, 6.45) is 0.929. The molecule has 2 N–H and O–H groups in total. The minimum Gasteiger partial charge on any atom is -0.396 e. The highest BCUT2D eigenvalue weighted by atomic mass is 35.5. The Balaban J connectivity index is 1.90. The summed E-state index contributed by atoms with van der Waals surface area (Å²) >= 11 is 12.2. The van der Waals surface area contributed by atoms with Crippen LogP contribution in [0.15, 0.2) is 48.5 Å². The minimum absolute atomic E-state index is 0.0872. The lowest BCUT2D eigenvalue weighted by molar-refractivity contribution is -0.129. The zero-order valence-electron chi connectivity index (χ0n) is 15.1. The summed E-state index contributed by atoms with van der Waals surface area (Å²) in [4.78, 5) is 12.2. The molecule has 1 aliphatic heterocycles. The van der Waals surface area contributed by atoms with Gasteiger partial charge in [0.1, 0.15) is 0 Å². The van der Waals surface area contributed by atoms with Gasteiger partial charge in [-0.1, -0.05) is 47.5 Å². The number of halogens is 2. The fourth-order valence-electron chi connectivity index (χ4n) is 3.58. The second kappa shape index (κ2) is 8.61. The Bertz CT molecular complexity index is 796. The van der Waals surface area contributed by atoms with Gasteiger partial charge >= 0.3 is 0 Å². The second-order valence-electron chi connectivity index (χ2n) is 7.21. The molecule has 2 aromatic rings. The van der Waals surface area contributed by atoms with Crippen LogP contribution >= 0.6 is 23.2 Å². The molecule has 1 amide bonds. The third kappa shape index (κ3) is 5.23. The predicted molar refractivity (Wildman–Crippen MR) is 107 cm³/mol. The number of carbonyl (C=O) groups excluding carboxylic acids is 1. The topological polar surface area (TPSA) is 58.6 Å². The van der Waals surface area contributed by atoms with E-state index in [2.05, 4.69) is 5.32 Å². The van der Waals surface area contributed by atoms with Gasteiger partial charge in [-0.05, 0) is 42.3 Å². The third-order valence-corrected chi connectivity index (χ3v) is 5.33. The number of rotatable bonds is 5. The van der Waals surface area contributed by atoms with E-state index in [0.717, 1.165) is 11.1 Å². The summed E-state index contributed by atoms with van der Waals surface area (Å²) in [5.74, 6) is -0.165. The van der Waals surface area contributed by atoms with Crippen molar-refractivity contribution in [2.75, 3.05) is 6.61 Å². The average Bonchev–Trinajstić information content (AvgIpc) is 2.61. The van der Waals surface area contributed by atoms with Crippen LogP contribution in [-0.2, 0) is 9.53 Å². The summed E-state index contributed by atoms with van der Waals surface area (Å²) in [6, 6.07) is 15.2. The first-order valence-corrected chi connectivity index (χ1v) is 9.72. The number of aliphatic hydroxyl groups is 1. The predicted octanol–water partition coefficient (Wildman–Crippen LogP) is 4.84. The summed E-state index contributed by atoms with van der Waals surface area (Å²) in [5.41, 5.74) is 1.51. The number of hydrogen-bond acceptors (Lipinski definition) is 3. The molecule has 0 aromatic heterocycles. The highest BCUT2D eigenvalue weighted by Gasteiger charge is 2.40. The van der Waals surface area contributed by atoms with Gasteiger partial charge in [-0.25, -0.2) is 0 Å². The van der Waals surface area contributed by atoms with Gasteiger partial charge in [0.25, 0.3) is 0 Å². The molecule has 3 rings (SSSR count). The van der Waals surface area contributed by atoms with Crippen molar-refractivity contribution in [2.45, 2.75) is 43.9 Å². The van der Waals surface area contributed by atoms with E-state index in [1.807, 2.05) is 55.5 Å². The van der Waals surface area contributed by atoms with Crippen LogP contribution in [0.25, 0.3) is 0 Å². The van der Waals surface area contributed by atoms with Crippen molar-refractivity contribution < 1.29 is 14.6 Å². The van der Waals surface area contributed by atoms with E-state index in [0.29, 0.717) is 22.9 Å². The first kappa shape index (κ1) is 20.2. The lowest BCUT2D eigenvalue weighted by atomic mass is 9.81. The van der Waals surface area contributed by atoms with Gasteiger partial charge in [0.05, 0.1) is 18.8 Å². The van der Waals surface area contributed by atoms with Gasteiger partial charge in [0.15, 0.2) is 0 Å². The van der Waals surface area contributed by atoms with Crippen molar-refractivity contribution in [1.29, 1.82) is 0 Å². The van der Waals surface area contributed by atoms with Crippen molar-refractivity contribution in [1.82, 2.24) is 5.32 Å². The molecule has 1 saturated heterocycles. The minimum atomic E-state index is -0.470. The van der Waals surface area contributed by atoms with Crippen molar-refractivity contribution in [2.24, 2.45) is 0 Å². The third-order valence-electron chi connectivity index (χ3n) is 4.84. The van der Waals surface area contributed by atoms with Gasteiger partial charge in [0, 0.05) is 34.8 Å². The van der Waals surface area contributed by atoms with Crippen LogP contribution in [-0.4, -0.2) is 23.2 Å². The number of aliphatic hydroxyl groups excluding tert-OH is 1. The molecule has 1 fully saturated rings. The number of amides is 1. The van der Waals surface area contributed by atoms with Crippen molar-refractivity contribution in [3.63, 3.8) is 0 Å². The van der Waals surface area contributed by atoms with E-state index in [-0.39, 0.29) is 31.1 Å². The normalized spacial score (nSPS) is 25.2. The quantitative estimate of drug-likeness (QED) is 0.744. The van der Waals surface area contributed by atoms with Crippen LogP contribution in [0.3, 0.4) is 0 Å². The van der Waals surface area contributed by atoms with Crippen LogP contribution in [0.5, 0.6) is 0 Å². The molecule has 3 atom stereocenters. The van der Waals surface area contributed by atoms with Crippen LogP contribution in [0.4, 0.5) is 0 Å². The summed E-state index contributed by atoms with van der Waals surface area (Å²) in [7, 11) is 0. The lowest BCUT2D eigenvalue weighted by Gasteiger charge is -2.43. The van der Waals surface area contributed by atoms with Crippen LogP contribution in [0.2, 0.25) is 10.0 Å². The van der Waals surface area contributed by atoms with E-state index in [1.54, 1.807) is 0 Å². The zero-order valence-corrected chi connectivity index (χ0v) is 16.6. The maximum Gasteiger partial charge on any atom is 0.222 e. The number of nitrogens with one attached hydrogen (secondary N) is 1. The summed E-state index contributed by atoms with van der Waals surface area (Å²) in [6.45, 7) is 1.85. The molecule has 0 saturated carbocycles. The fourth-order valence-corrected chi connectivity index (χ4v) is 3.90. The molecule has 27 heavy (non-hydrogen) atoms. The SMILES string of the molecule is C[C@]1(NC(=O)CCO)C[C@@H](c2ccc(Cl)cc2)O[C@@H](c2cccc(Cl)c2)C1. The molecule has 144 valence electrons. The zero-order chi connectivity index (χ0) is 19.4. The maximum atomic E-state index is 12.2. The molecule has 6 heteroatoms. The Morgan fingerprint density at radius 3 is 2.41 bits per heavy atom. The van der Waals surface area contributed by atoms with Gasteiger partial charge in [-0.2, -0.15) is 0 Å². The first-order valence-electron chi connectivity index (χ1n) is 8.97. The standard InChI is InChI=1S/C21H23Cl2NO3/c1-21(24-20(26)9-10-25)12-18(14-5-7-16(22)8-6-14)27-19(13-21)15-3-2-4-17(23)11-15/h2-8,11,18-19,25H,9-10,12-13H2,1H3,(H,24,26)/t18-,19+,21-/m0/s1. The summed E-state index contributed by atoms with van der Waals surface area (Å²) < 4.78 is 6.39. The Kier molecular flexibility index (Phi) is 6.43. The van der Waals surface area contributed by atoms with Crippen LogP contribution in [0.1, 0.15) is 49.5 Å². The Labute approximate surface area is 169 Å². The molecule has 2 aromatic carbocycles. The van der Waals surface area contributed by atoms with Crippen molar-refractivity contribution >= 4 is 29.1 Å². The molecule has 0 unspecified atom stereocenters. The Hall–Kier alpha value is -1.59. The number of carbonyl (C=O) groups is 1. The van der Waals surface area contributed by atoms with E-state index < -0.39 is 5.54 Å². The second-order valence-corrected chi connectivity index (χ2v) is 8.08. The van der Waals surface area contributed by atoms with Crippen molar-refractivity contribution in [3.05, 3.63) is 69.7 Å². The van der Waals surface area contributed by atoms with Gasteiger partial charge in [-0.15, -0.1) is 0 Å². The molecule has 0 aliphatic carbocycles. The molecule has 0 spiro atoms. The Morgan fingerprint density at radius 1 is 1.11 bits per heavy atom. The van der Waals surface area contributed by atoms with E-state index >= 15 is 0 Å². The lowest BCUT2D eigenvalue weighted by Crippen LogP contribution is -2.51. The highest BCUT2D eigenvalue weighted by molar-refractivity contribution is 6.30. The number of ether oxygens (including phenoxy) is 1. The highest BCUT2D eigenvalue weighted by Crippen LogP contribution is 2.44. The average molecular weight is 408 g/mol. The van der Waals surface area contributed by atoms with E-state index in [9.17, 15) is 4.79 Å². The maximum absolute atomic E-state index is 12.2. The van der Waals surface area contributed by atoms with Gasteiger partial charge < -0.3 is 15.2 Å². The van der Waals surface area contributed by atoms with Crippen LogP contribution < -0.4 is 5.32 Å². The number of benzene rings is 2. The molecule has 0 bridgehead atoms. The number of hydrogen-bond donors (Lipinski definition) is 2. The first-order chi connectivity index (χ1) is 12.9. The molecule has 1 aliphatic rings. The Morgan fingerprint density at radius 2 is 1.78 bits per heavy atom. The van der Waals surface area contributed by atoms with Gasteiger partial charge in [0.2, 0.25) is 5.91 Å². The van der Waals surface area contributed by atoms with Crippen LogP contribution in [0, 0.1) is 0 Å². The largest absolute Gasteiger partial charge is 0.396 e. The van der Waals surface area contributed by atoms with E-state index in [1.165, 1.54) is 0 Å². The molecular weight excluding hydrogens is 385 g/mol. The van der Waals surface area contributed by atoms with Gasteiger partial charge in [-0.3, -0.25) is 4.79 Å². The molecular formula is C21H23Cl2NO3. The molecule has 0 radical (unpaired) electrons. The van der Waals surface area contributed by atoms with E-state index in [4.69, 9.17) is 33.0 Å². The summed E-state index contributed by atoms with van der Waals surface area (Å²) in [5, 5.41) is 13.5. The monoisotopic (exact) mass is 407 g/mol. The smallest absolute Gasteiger partial charge is 0.222 e. The fraction of sp³-hybridized carbons (Fsp3) is 0.381. The van der Waals surface area contributed by atoms with Crippen molar-refractivity contribution in [3.8, 4) is 0 Å².